The summed E-state index contributed by atoms with van der Waals surface area (Å²) < 4.78 is 15.1. The molecule has 6 rings (SSSR count). The van der Waals surface area contributed by atoms with Crippen LogP contribution in [-0.4, -0.2) is 3.42 Å². The van der Waals surface area contributed by atoms with Crippen LogP contribution in [0.5, 0.6) is 0 Å². The molecule has 2 heteroatoms. The molecule has 0 aliphatic heterocycles. The molecule has 0 amide bonds. The van der Waals surface area contributed by atoms with Crippen LogP contribution in [0.4, 0.5) is 4.39 Å². The normalized spacial score (nSPS) is 56.3. The first-order valence-corrected chi connectivity index (χ1v) is 9.07. The lowest BCUT2D eigenvalue weighted by Crippen LogP contribution is -2.55. The second kappa shape index (κ2) is 3.78. The van der Waals surface area contributed by atoms with E-state index in [4.69, 9.17) is 0 Å². The zero-order chi connectivity index (χ0) is 13.4. The third-order valence-corrected chi connectivity index (χ3v) is 8.80. The molecule has 0 radical (unpaired) electrons. The number of fused-ring (bicyclic) bond motifs is 5. The third kappa shape index (κ3) is 1.61. The molecule has 4 fully saturated rings. The Balaban J connectivity index is 1.75. The summed E-state index contributed by atoms with van der Waals surface area (Å²) >= 11 is 2.50. The summed E-state index contributed by atoms with van der Waals surface area (Å²) in [6.07, 6.45) is 14.6. The van der Waals surface area contributed by atoms with Crippen molar-refractivity contribution in [3.63, 3.8) is 0 Å². The van der Waals surface area contributed by atoms with Crippen LogP contribution in [0.1, 0.15) is 71.1 Å². The summed E-state index contributed by atoms with van der Waals surface area (Å²) in [6.45, 7) is 2.46. The molecule has 0 unspecified atom stereocenters. The van der Waals surface area contributed by atoms with Gasteiger partial charge in [0.2, 0.25) is 0 Å². The summed E-state index contributed by atoms with van der Waals surface area (Å²) in [4.78, 5) is 0. The molecule has 0 atom stereocenters. The summed E-state index contributed by atoms with van der Waals surface area (Å²) in [6, 6.07) is 0. The van der Waals surface area contributed by atoms with Crippen molar-refractivity contribution in [2.24, 2.45) is 16.2 Å². The average Bonchev–Trinajstić information content (AvgIpc) is 2.40. The van der Waals surface area contributed by atoms with Crippen molar-refractivity contribution in [2.45, 2.75) is 74.6 Å². The van der Waals surface area contributed by atoms with Crippen molar-refractivity contribution in [3.8, 4) is 0 Å². The van der Waals surface area contributed by atoms with E-state index in [-0.39, 0.29) is 14.7 Å². The zero-order valence-electron chi connectivity index (χ0n) is 11.9. The van der Waals surface area contributed by atoms with Gasteiger partial charge in [0.15, 0.2) is 0 Å². The summed E-state index contributed by atoms with van der Waals surface area (Å²) in [5, 5.41) is 0. The molecule has 0 aromatic heterocycles. The van der Waals surface area contributed by atoms with Gasteiger partial charge in [0.05, 0.1) is 0 Å². The van der Waals surface area contributed by atoms with Crippen LogP contribution >= 0.6 is 22.6 Å². The lowest BCUT2D eigenvalue weighted by molar-refractivity contribution is -0.106. The molecule has 6 aliphatic rings. The van der Waals surface area contributed by atoms with Crippen LogP contribution in [0, 0.1) is 16.2 Å². The van der Waals surface area contributed by atoms with Crippen molar-refractivity contribution in [1.29, 1.82) is 0 Å². The fraction of sp³-hybridized carbons (Fsp3) is 0.882. The van der Waals surface area contributed by atoms with Gasteiger partial charge in [-0.2, -0.15) is 0 Å². The minimum atomic E-state index is -0.0539. The lowest BCUT2D eigenvalue weighted by atomic mass is 9.42. The van der Waals surface area contributed by atoms with Crippen molar-refractivity contribution in [1.82, 2.24) is 0 Å². The number of rotatable bonds is 1. The van der Waals surface area contributed by atoms with Gasteiger partial charge in [-0.05, 0) is 81.1 Å². The second-order valence-corrected chi connectivity index (χ2v) is 10.3. The fourth-order valence-corrected chi connectivity index (χ4v) is 6.53. The summed E-state index contributed by atoms with van der Waals surface area (Å²) in [5.41, 5.74) is 0.861. The second-order valence-electron chi connectivity index (χ2n) is 8.20. The molecule has 0 spiro atoms. The Bertz CT molecular complexity index is 418. The van der Waals surface area contributed by atoms with E-state index in [9.17, 15) is 4.39 Å². The monoisotopic (exact) mass is 374 g/mol. The van der Waals surface area contributed by atoms with Crippen molar-refractivity contribution < 1.29 is 4.39 Å². The molecule has 6 aliphatic carbocycles. The van der Waals surface area contributed by atoms with Gasteiger partial charge >= 0.3 is 0 Å². The Morgan fingerprint density at radius 2 is 1.42 bits per heavy atom. The van der Waals surface area contributed by atoms with Crippen molar-refractivity contribution in [3.05, 3.63) is 11.9 Å². The Morgan fingerprint density at radius 3 is 1.89 bits per heavy atom. The van der Waals surface area contributed by atoms with E-state index < -0.39 is 0 Å². The summed E-state index contributed by atoms with van der Waals surface area (Å²) in [7, 11) is 0. The van der Waals surface area contributed by atoms with E-state index in [2.05, 4.69) is 29.5 Å². The highest BCUT2D eigenvalue weighted by Gasteiger charge is 2.62. The van der Waals surface area contributed by atoms with Crippen LogP contribution in [-0.2, 0) is 0 Å². The molecule has 106 valence electrons. The largest absolute Gasteiger partial charge is 0.211 e. The summed E-state index contributed by atoms with van der Waals surface area (Å²) in [5.74, 6) is 0.282. The highest BCUT2D eigenvalue weighted by Crippen LogP contribution is 2.71. The predicted octanol–water partition coefficient (Wildman–Crippen LogP) is 5.95. The molecule has 0 saturated heterocycles. The molecule has 0 nitrogen and oxygen atoms in total. The average molecular weight is 374 g/mol. The molecular formula is C17H24FI. The fourth-order valence-electron chi connectivity index (χ4n) is 5.72. The quantitative estimate of drug-likeness (QED) is 0.393. The van der Waals surface area contributed by atoms with Crippen LogP contribution in [0.25, 0.3) is 0 Å². The van der Waals surface area contributed by atoms with E-state index >= 15 is 0 Å². The third-order valence-electron chi connectivity index (χ3n) is 7.41. The minimum Gasteiger partial charge on any atom is -0.211 e. The van der Waals surface area contributed by atoms with E-state index in [0.29, 0.717) is 10.8 Å². The topological polar surface area (TPSA) is 0 Å². The van der Waals surface area contributed by atoms with Gasteiger partial charge in [-0.3, -0.25) is 0 Å². The maximum absolute atomic E-state index is 15.0. The lowest BCUT2D eigenvalue weighted by Gasteiger charge is -2.64. The maximum atomic E-state index is 15.0. The number of allylic oxidation sites excluding steroid dienone is 2. The minimum absolute atomic E-state index is 0.0539. The van der Waals surface area contributed by atoms with E-state index in [1.165, 1.54) is 51.4 Å². The molecule has 4 bridgehead atoms. The van der Waals surface area contributed by atoms with Gasteiger partial charge in [-0.15, -0.1) is 0 Å². The Morgan fingerprint density at radius 1 is 0.895 bits per heavy atom. The van der Waals surface area contributed by atoms with Gasteiger partial charge in [0.1, 0.15) is 5.83 Å². The number of hydrogen-bond acceptors (Lipinski definition) is 0. The standard InChI is InChI=1S/C17H24FI/c1-14-2-5-15(6-3-14,7-4-14)17-10-8-16(19,9-11-17)12-13(17)18/h12H,2-11H2,1H3. The van der Waals surface area contributed by atoms with Gasteiger partial charge in [0.25, 0.3) is 0 Å². The molecule has 0 aromatic carbocycles. The maximum Gasteiger partial charge on any atom is 0.104 e. The van der Waals surface area contributed by atoms with E-state index in [0.717, 1.165) is 12.8 Å². The molecule has 0 N–H and O–H groups in total. The van der Waals surface area contributed by atoms with Gasteiger partial charge in [-0.1, -0.05) is 29.5 Å². The number of hydrogen-bond donors (Lipinski definition) is 0. The Kier molecular flexibility index (Phi) is 2.60. The number of alkyl halides is 1. The molecule has 0 heterocycles. The van der Waals surface area contributed by atoms with E-state index in [1.54, 1.807) is 0 Å². The number of halogens is 2. The molecule has 0 aromatic rings. The highest BCUT2D eigenvalue weighted by molar-refractivity contribution is 14.1. The smallest absolute Gasteiger partial charge is 0.104 e. The first-order valence-electron chi connectivity index (χ1n) is 7.99. The van der Waals surface area contributed by atoms with Crippen molar-refractivity contribution >= 4 is 22.6 Å². The predicted molar refractivity (Wildman–Crippen MR) is 85.1 cm³/mol. The van der Waals surface area contributed by atoms with Gasteiger partial charge in [0, 0.05) is 8.84 Å². The van der Waals surface area contributed by atoms with Gasteiger partial charge in [-0.25, -0.2) is 4.39 Å². The van der Waals surface area contributed by atoms with Crippen LogP contribution in [0.2, 0.25) is 0 Å². The highest BCUT2D eigenvalue weighted by atomic mass is 127. The van der Waals surface area contributed by atoms with Crippen molar-refractivity contribution in [2.75, 3.05) is 0 Å². The Labute approximate surface area is 129 Å². The van der Waals surface area contributed by atoms with Crippen LogP contribution < -0.4 is 0 Å². The van der Waals surface area contributed by atoms with E-state index in [1.807, 2.05) is 6.08 Å². The van der Waals surface area contributed by atoms with Crippen LogP contribution in [0.3, 0.4) is 0 Å². The molecule has 4 saturated carbocycles. The Hall–Kier alpha value is 0.400. The molecule has 19 heavy (non-hydrogen) atoms. The van der Waals surface area contributed by atoms with Crippen LogP contribution in [0.15, 0.2) is 11.9 Å². The molecular weight excluding hydrogens is 350 g/mol. The SMILES string of the molecule is CC12CCC(C34CCC(I)(C=C3F)CC4)(CC1)CC2. The first-order chi connectivity index (χ1) is 8.91. The van der Waals surface area contributed by atoms with Gasteiger partial charge < -0.3 is 0 Å². The first kappa shape index (κ1) is 13.1. The zero-order valence-corrected chi connectivity index (χ0v) is 14.1.